The van der Waals surface area contributed by atoms with Gasteiger partial charge in [0.1, 0.15) is 5.75 Å². The summed E-state index contributed by atoms with van der Waals surface area (Å²) in [4.78, 5) is 14.1. The Hall–Kier alpha value is -1.56. The molecule has 1 amide bonds. The zero-order valence-electron chi connectivity index (χ0n) is 12.4. The van der Waals surface area contributed by atoms with Crippen molar-refractivity contribution in [2.45, 2.75) is 24.7 Å². The van der Waals surface area contributed by atoms with Crippen LogP contribution in [0.25, 0.3) is 0 Å². The van der Waals surface area contributed by atoms with Gasteiger partial charge in [0.15, 0.2) is 16.4 Å². The van der Waals surface area contributed by atoms with Crippen molar-refractivity contribution in [2.24, 2.45) is 5.92 Å². The van der Waals surface area contributed by atoms with Gasteiger partial charge in [0.2, 0.25) is 0 Å². The van der Waals surface area contributed by atoms with Crippen molar-refractivity contribution in [2.75, 3.05) is 26.0 Å². The van der Waals surface area contributed by atoms with Gasteiger partial charge in [-0.3, -0.25) is 4.79 Å². The lowest BCUT2D eigenvalue weighted by Gasteiger charge is -2.30. The second-order valence-electron chi connectivity index (χ2n) is 5.62. The molecule has 1 saturated heterocycles. The molecular weight excluding hydrogens is 290 g/mol. The van der Waals surface area contributed by atoms with Gasteiger partial charge >= 0.3 is 0 Å². The van der Waals surface area contributed by atoms with Crippen LogP contribution in [-0.4, -0.2) is 45.2 Å². The van der Waals surface area contributed by atoms with Crippen molar-refractivity contribution >= 4 is 15.7 Å². The molecule has 21 heavy (non-hydrogen) atoms. The van der Waals surface area contributed by atoms with Crippen LogP contribution < -0.4 is 4.74 Å². The number of piperidine rings is 1. The first-order valence-electron chi connectivity index (χ1n) is 7.07. The Morgan fingerprint density at radius 2 is 2.19 bits per heavy atom. The first-order valence-corrected chi connectivity index (χ1v) is 8.96. The Morgan fingerprint density at radius 1 is 1.43 bits per heavy atom. The second-order valence-corrected chi connectivity index (χ2v) is 7.64. The number of carbonyl (C=O) groups excluding carboxylic acids is 1. The van der Waals surface area contributed by atoms with Crippen molar-refractivity contribution < 1.29 is 17.9 Å². The molecule has 0 aromatic heterocycles. The summed E-state index contributed by atoms with van der Waals surface area (Å²) in [5.41, 5.74) is 0. The van der Waals surface area contributed by atoms with Crippen LogP contribution in [0.2, 0.25) is 0 Å². The summed E-state index contributed by atoms with van der Waals surface area (Å²) in [7, 11) is -3.27. The average molecular weight is 311 g/mol. The maximum Gasteiger partial charge on any atom is 0.260 e. The van der Waals surface area contributed by atoms with E-state index < -0.39 is 9.84 Å². The van der Waals surface area contributed by atoms with Gasteiger partial charge < -0.3 is 9.64 Å². The summed E-state index contributed by atoms with van der Waals surface area (Å²) >= 11 is 0. The molecule has 0 aliphatic carbocycles. The molecule has 1 fully saturated rings. The molecular formula is C15H21NO4S. The Morgan fingerprint density at radius 3 is 2.86 bits per heavy atom. The van der Waals surface area contributed by atoms with E-state index in [0.29, 0.717) is 11.7 Å². The molecule has 1 aromatic rings. The van der Waals surface area contributed by atoms with E-state index >= 15 is 0 Å². The van der Waals surface area contributed by atoms with Crippen molar-refractivity contribution in [3.05, 3.63) is 24.3 Å². The molecule has 1 heterocycles. The second kappa shape index (κ2) is 6.47. The molecule has 6 heteroatoms. The van der Waals surface area contributed by atoms with E-state index in [2.05, 4.69) is 6.92 Å². The van der Waals surface area contributed by atoms with E-state index in [1.54, 1.807) is 12.1 Å². The Balaban J connectivity index is 1.95. The number of likely N-dealkylation sites (tertiary alicyclic amines) is 1. The lowest BCUT2D eigenvalue weighted by molar-refractivity contribution is -0.135. The van der Waals surface area contributed by atoms with Gasteiger partial charge in [0, 0.05) is 19.3 Å². The number of amides is 1. The first-order chi connectivity index (χ1) is 9.86. The predicted molar refractivity (Wildman–Crippen MR) is 80.0 cm³/mol. The number of nitrogens with zero attached hydrogens (tertiary/aromatic N) is 1. The van der Waals surface area contributed by atoms with Gasteiger partial charge in [-0.05, 0) is 37.0 Å². The highest BCUT2D eigenvalue weighted by atomic mass is 32.2. The molecule has 1 aliphatic rings. The van der Waals surface area contributed by atoms with Crippen molar-refractivity contribution in [1.82, 2.24) is 4.90 Å². The summed E-state index contributed by atoms with van der Waals surface area (Å²) in [5.74, 6) is 0.874. The SMILES string of the molecule is CC1CCCN(C(=O)COc2cccc(S(C)(=O)=O)c2)C1. The number of benzene rings is 1. The first kappa shape index (κ1) is 15.8. The summed E-state index contributed by atoms with van der Waals surface area (Å²) in [6.07, 6.45) is 3.32. The number of ether oxygens (including phenoxy) is 1. The summed E-state index contributed by atoms with van der Waals surface area (Å²) in [6.45, 7) is 3.62. The van der Waals surface area contributed by atoms with Crippen LogP contribution in [0.3, 0.4) is 0 Å². The van der Waals surface area contributed by atoms with Crippen LogP contribution in [0.15, 0.2) is 29.2 Å². The molecule has 0 spiro atoms. The van der Waals surface area contributed by atoms with Crippen LogP contribution in [0.1, 0.15) is 19.8 Å². The minimum Gasteiger partial charge on any atom is -0.484 e. The van der Waals surface area contributed by atoms with Gasteiger partial charge in [-0.1, -0.05) is 13.0 Å². The fourth-order valence-corrected chi connectivity index (χ4v) is 3.10. The highest BCUT2D eigenvalue weighted by Crippen LogP contribution is 2.18. The summed E-state index contributed by atoms with van der Waals surface area (Å²) in [5, 5.41) is 0. The van der Waals surface area contributed by atoms with E-state index in [9.17, 15) is 13.2 Å². The van der Waals surface area contributed by atoms with E-state index in [1.165, 1.54) is 12.1 Å². The van der Waals surface area contributed by atoms with Gasteiger partial charge in [0.05, 0.1) is 4.90 Å². The molecule has 0 radical (unpaired) electrons. The number of hydrogen-bond donors (Lipinski definition) is 0. The van der Waals surface area contributed by atoms with Crippen LogP contribution in [-0.2, 0) is 14.6 Å². The van der Waals surface area contributed by atoms with Crippen molar-refractivity contribution in [3.8, 4) is 5.75 Å². The number of sulfone groups is 1. The highest BCUT2D eigenvalue weighted by Gasteiger charge is 2.21. The lowest BCUT2D eigenvalue weighted by atomic mass is 10.0. The minimum atomic E-state index is -3.27. The van der Waals surface area contributed by atoms with E-state index in [4.69, 9.17) is 4.74 Å². The molecule has 1 atom stereocenters. The smallest absolute Gasteiger partial charge is 0.260 e. The van der Waals surface area contributed by atoms with Crippen LogP contribution >= 0.6 is 0 Å². The molecule has 1 aliphatic heterocycles. The molecule has 0 saturated carbocycles. The average Bonchev–Trinajstić information content (AvgIpc) is 2.44. The highest BCUT2D eigenvalue weighted by molar-refractivity contribution is 7.90. The molecule has 2 rings (SSSR count). The quantitative estimate of drug-likeness (QED) is 0.849. The maximum absolute atomic E-state index is 12.1. The fourth-order valence-electron chi connectivity index (χ4n) is 2.45. The molecule has 116 valence electrons. The van der Waals surface area contributed by atoms with Gasteiger partial charge in [-0.15, -0.1) is 0 Å². The lowest BCUT2D eigenvalue weighted by Crippen LogP contribution is -2.41. The molecule has 0 bridgehead atoms. The molecule has 0 N–H and O–H groups in total. The van der Waals surface area contributed by atoms with Crippen LogP contribution in [0.4, 0.5) is 0 Å². The van der Waals surface area contributed by atoms with Crippen molar-refractivity contribution in [3.63, 3.8) is 0 Å². The summed E-state index contributed by atoms with van der Waals surface area (Å²) in [6, 6.07) is 6.22. The van der Waals surface area contributed by atoms with E-state index in [-0.39, 0.29) is 17.4 Å². The molecule has 1 unspecified atom stereocenters. The monoisotopic (exact) mass is 311 g/mol. The van der Waals surface area contributed by atoms with Crippen molar-refractivity contribution in [1.29, 1.82) is 0 Å². The van der Waals surface area contributed by atoms with Crippen LogP contribution in [0.5, 0.6) is 5.75 Å². The zero-order chi connectivity index (χ0) is 15.5. The number of rotatable bonds is 4. The third-order valence-electron chi connectivity index (χ3n) is 3.61. The molecule has 5 nitrogen and oxygen atoms in total. The third kappa shape index (κ3) is 4.46. The van der Waals surface area contributed by atoms with E-state index in [0.717, 1.165) is 32.2 Å². The summed E-state index contributed by atoms with van der Waals surface area (Å²) < 4.78 is 28.4. The Kier molecular flexibility index (Phi) is 4.88. The fraction of sp³-hybridized carbons (Fsp3) is 0.533. The maximum atomic E-state index is 12.1. The Bertz CT molecular complexity index is 612. The standard InChI is InChI=1S/C15H21NO4S/c1-12-5-4-8-16(10-12)15(17)11-20-13-6-3-7-14(9-13)21(2,18)19/h3,6-7,9,12H,4-5,8,10-11H2,1-2H3. The largest absolute Gasteiger partial charge is 0.484 e. The Labute approximate surface area is 125 Å². The zero-order valence-corrected chi connectivity index (χ0v) is 13.2. The third-order valence-corrected chi connectivity index (χ3v) is 4.72. The normalized spacial score (nSPS) is 19.3. The topological polar surface area (TPSA) is 63.7 Å². The molecule has 1 aromatic carbocycles. The van der Waals surface area contributed by atoms with E-state index in [1.807, 2.05) is 4.90 Å². The number of carbonyl (C=O) groups is 1. The van der Waals surface area contributed by atoms with Crippen LogP contribution in [0, 0.1) is 5.92 Å². The predicted octanol–water partition coefficient (Wildman–Crippen LogP) is 1.73. The van der Waals surface area contributed by atoms with Gasteiger partial charge in [-0.2, -0.15) is 0 Å². The number of hydrogen-bond acceptors (Lipinski definition) is 4. The van der Waals surface area contributed by atoms with Gasteiger partial charge in [0.25, 0.3) is 5.91 Å². The van der Waals surface area contributed by atoms with Gasteiger partial charge in [-0.25, -0.2) is 8.42 Å². The minimum absolute atomic E-state index is 0.0497.